The molecule has 0 saturated carbocycles. The number of carbonyl (C=O) groups excluding carboxylic acids is 1. The van der Waals surface area contributed by atoms with Gasteiger partial charge in [0.1, 0.15) is 73.2 Å². The van der Waals surface area contributed by atoms with Crippen LogP contribution in [0.4, 0.5) is 0 Å². The Labute approximate surface area is 652 Å². The van der Waals surface area contributed by atoms with E-state index < -0.39 is 124 Å². The summed E-state index contributed by atoms with van der Waals surface area (Å²) in [5.41, 5.74) is 0. The summed E-state index contributed by atoms with van der Waals surface area (Å²) < 4.78 is 34.6. The van der Waals surface area contributed by atoms with E-state index >= 15 is 0 Å². The lowest BCUT2D eigenvalue weighted by Crippen LogP contribution is -2.66. The van der Waals surface area contributed by atoms with Gasteiger partial charge in [-0.2, -0.15) is 0 Å². The summed E-state index contributed by atoms with van der Waals surface area (Å²) in [7, 11) is 0. The van der Waals surface area contributed by atoms with Crippen LogP contribution in [-0.4, -0.2) is 193 Å². The molecule has 3 heterocycles. The number of allylic oxidation sites excluding steroid dienone is 2. The molecule has 634 valence electrons. The molecule has 17 atom stereocenters. The number of hydrogen-bond donors (Lipinski definition) is 12. The number of amides is 1. The predicted octanol–water partition coefficient (Wildman–Crippen LogP) is 17.1. The largest absolute Gasteiger partial charge is 0.394 e. The van der Waals surface area contributed by atoms with Gasteiger partial charge in [0.05, 0.1) is 38.6 Å². The first-order valence-electron chi connectivity index (χ1n) is 45.4. The number of aliphatic hydroxyl groups excluding tert-OH is 11. The summed E-state index contributed by atoms with van der Waals surface area (Å²) in [6, 6.07) is -0.886. The third-order valence-corrected chi connectivity index (χ3v) is 23.1. The molecule has 0 aromatic rings. The predicted molar refractivity (Wildman–Crippen MR) is 430 cm³/mol. The van der Waals surface area contributed by atoms with E-state index in [4.69, 9.17) is 28.4 Å². The Morgan fingerprint density at radius 2 is 0.589 bits per heavy atom. The maximum absolute atomic E-state index is 13.5. The third-order valence-electron chi connectivity index (χ3n) is 23.1. The molecule has 0 spiro atoms. The Morgan fingerprint density at radius 1 is 0.327 bits per heavy atom. The average Bonchev–Trinajstić information content (AvgIpc) is 0.782. The van der Waals surface area contributed by atoms with Gasteiger partial charge >= 0.3 is 0 Å². The minimum absolute atomic E-state index is 0.232. The van der Waals surface area contributed by atoms with Crippen LogP contribution in [0.15, 0.2) is 12.2 Å². The number of ether oxygens (including phenoxy) is 6. The maximum Gasteiger partial charge on any atom is 0.220 e. The summed E-state index contributed by atoms with van der Waals surface area (Å²) in [5.74, 6) is -0.232. The van der Waals surface area contributed by atoms with Crippen molar-refractivity contribution in [2.45, 2.75) is 516 Å². The lowest BCUT2D eigenvalue weighted by Gasteiger charge is -2.48. The number of rotatable bonds is 75. The van der Waals surface area contributed by atoms with Crippen molar-refractivity contribution in [2.75, 3.05) is 26.4 Å². The quantitative estimate of drug-likeness (QED) is 0.0199. The molecule has 107 heavy (non-hydrogen) atoms. The van der Waals surface area contributed by atoms with Crippen LogP contribution >= 0.6 is 0 Å². The summed E-state index contributed by atoms with van der Waals surface area (Å²) in [5, 5.41) is 121. The Bertz CT molecular complexity index is 1970. The monoisotopic (exact) mass is 1530 g/mol. The van der Waals surface area contributed by atoms with Gasteiger partial charge in [-0.15, -0.1) is 0 Å². The molecule has 17 unspecified atom stereocenters. The topological polar surface area (TPSA) is 307 Å². The van der Waals surface area contributed by atoms with E-state index in [0.29, 0.717) is 12.8 Å². The molecule has 3 rings (SSSR count). The fourth-order valence-electron chi connectivity index (χ4n) is 15.8. The van der Waals surface area contributed by atoms with E-state index in [2.05, 4.69) is 31.3 Å². The fraction of sp³-hybridized carbons (Fsp3) is 0.966. The molecule has 0 bridgehead atoms. The summed E-state index contributed by atoms with van der Waals surface area (Å²) in [6.45, 7) is 1.88. The molecular formula is C88H169NO18. The van der Waals surface area contributed by atoms with E-state index in [1.807, 2.05) is 0 Å². The van der Waals surface area contributed by atoms with Gasteiger partial charge in [0, 0.05) is 6.42 Å². The van der Waals surface area contributed by atoms with Gasteiger partial charge in [-0.05, 0) is 38.5 Å². The van der Waals surface area contributed by atoms with Crippen LogP contribution in [0, 0.1) is 0 Å². The van der Waals surface area contributed by atoms with Crippen LogP contribution in [0.2, 0.25) is 0 Å². The average molecular weight is 1530 g/mol. The third kappa shape index (κ3) is 47.9. The highest BCUT2D eigenvalue weighted by molar-refractivity contribution is 5.76. The minimum atomic E-state index is -1.97. The van der Waals surface area contributed by atoms with Crippen LogP contribution in [0.3, 0.4) is 0 Å². The zero-order valence-corrected chi connectivity index (χ0v) is 68.4. The van der Waals surface area contributed by atoms with Crippen molar-refractivity contribution in [3.05, 3.63) is 12.2 Å². The summed E-state index contributed by atoms with van der Waals surface area (Å²) >= 11 is 0. The van der Waals surface area contributed by atoms with Crippen LogP contribution in [0.5, 0.6) is 0 Å². The summed E-state index contributed by atoms with van der Waals surface area (Å²) in [6.07, 6.45) is 57.5. The molecule has 12 N–H and O–H groups in total. The molecule has 3 aliphatic heterocycles. The highest BCUT2D eigenvalue weighted by atomic mass is 16.8. The Morgan fingerprint density at radius 3 is 0.907 bits per heavy atom. The van der Waals surface area contributed by atoms with E-state index in [0.717, 1.165) is 44.9 Å². The smallest absolute Gasteiger partial charge is 0.220 e. The molecule has 19 heteroatoms. The zero-order valence-electron chi connectivity index (χ0n) is 68.4. The van der Waals surface area contributed by atoms with Gasteiger partial charge in [0.25, 0.3) is 0 Å². The second kappa shape index (κ2) is 68.9. The Kier molecular flexibility index (Phi) is 64.2. The number of aliphatic hydroxyl groups is 11. The SMILES string of the molecule is CCCCCCCCCC/C=C\CCCCCCCCCCCCCCCCCCCCCCCC(=O)NC(COC1OC(CO)C(OC2OC(CO)C(OC3OC(CO)C(O)C(O)C3O)C(O)C2O)C(O)C1O)C(O)CCCCCCCCCCCCCCCCCCCCCCCCCCCCCCC. The molecule has 3 fully saturated rings. The first kappa shape index (κ1) is 99.7. The first-order chi connectivity index (χ1) is 52.3. The first-order valence-corrected chi connectivity index (χ1v) is 45.4. The second-order valence-electron chi connectivity index (χ2n) is 32.8. The molecular weight excluding hydrogens is 1360 g/mol. The van der Waals surface area contributed by atoms with Gasteiger partial charge in [0.2, 0.25) is 5.91 Å². The maximum atomic E-state index is 13.5. The van der Waals surface area contributed by atoms with Crippen molar-refractivity contribution in [2.24, 2.45) is 0 Å². The van der Waals surface area contributed by atoms with E-state index in [1.54, 1.807) is 0 Å². The molecule has 0 aromatic carbocycles. The van der Waals surface area contributed by atoms with Crippen LogP contribution in [-0.2, 0) is 33.2 Å². The molecule has 0 aliphatic carbocycles. The number of unbranched alkanes of at least 4 members (excludes halogenated alkanes) is 57. The summed E-state index contributed by atoms with van der Waals surface area (Å²) in [4.78, 5) is 13.5. The van der Waals surface area contributed by atoms with Crippen molar-refractivity contribution in [1.29, 1.82) is 0 Å². The molecule has 1 amide bonds. The van der Waals surface area contributed by atoms with E-state index in [1.165, 1.54) is 334 Å². The lowest BCUT2D eigenvalue weighted by molar-refractivity contribution is -0.379. The van der Waals surface area contributed by atoms with Gasteiger partial charge in [-0.25, -0.2) is 0 Å². The molecule has 3 aliphatic rings. The molecule has 0 radical (unpaired) electrons. The zero-order chi connectivity index (χ0) is 77.4. The van der Waals surface area contributed by atoms with Gasteiger partial charge in [-0.3, -0.25) is 4.79 Å². The van der Waals surface area contributed by atoms with Crippen LogP contribution in [0.1, 0.15) is 412 Å². The van der Waals surface area contributed by atoms with Crippen molar-refractivity contribution >= 4 is 5.91 Å². The van der Waals surface area contributed by atoms with Crippen LogP contribution < -0.4 is 5.32 Å². The Hall–Kier alpha value is -1.47. The van der Waals surface area contributed by atoms with Crippen molar-refractivity contribution in [3.63, 3.8) is 0 Å². The molecule has 19 nitrogen and oxygen atoms in total. The van der Waals surface area contributed by atoms with Crippen molar-refractivity contribution < 1.29 is 89.4 Å². The minimum Gasteiger partial charge on any atom is -0.394 e. The van der Waals surface area contributed by atoms with Crippen molar-refractivity contribution in [1.82, 2.24) is 5.32 Å². The Balaban J connectivity index is 1.32. The van der Waals surface area contributed by atoms with Gasteiger partial charge < -0.3 is 89.9 Å². The molecule has 3 saturated heterocycles. The van der Waals surface area contributed by atoms with E-state index in [9.17, 15) is 61.0 Å². The van der Waals surface area contributed by atoms with E-state index in [-0.39, 0.29) is 18.9 Å². The standard InChI is InChI=1S/C88H169NO18/c1-3-5-7-9-11-13-15-17-19-21-23-25-27-29-31-33-34-35-36-38-40-42-44-46-48-50-52-54-56-58-60-62-64-66-76(94)89-71(72(93)65-63-61-59-57-55-53-51-49-47-45-43-41-39-37-32-30-28-26-24-22-20-18-16-14-12-10-8-6-4-2)70-102-86-82(100)79(97)84(74(68-91)104-86)107-88-83(101)80(98)85(75(69-92)105-88)106-87-81(99)78(96)77(95)73(67-90)103-87/h21,23,71-75,77-88,90-93,95-101H,3-20,22,24-70H2,1-2H3,(H,89,94)/b23-21-. The van der Waals surface area contributed by atoms with Crippen molar-refractivity contribution in [3.8, 4) is 0 Å². The normalized spacial score (nSPS) is 25.5. The number of carbonyl (C=O) groups is 1. The van der Waals surface area contributed by atoms with Gasteiger partial charge in [-0.1, -0.05) is 379 Å². The molecule has 0 aromatic heterocycles. The fourth-order valence-corrected chi connectivity index (χ4v) is 15.8. The number of nitrogens with one attached hydrogen (secondary N) is 1. The highest BCUT2D eigenvalue weighted by Crippen LogP contribution is 2.34. The van der Waals surface area contributed by atoms with Gasteiger partial charge in [0.15, 0.2) is 18.9 Å². The van der Waals surface area contributed by atoms with Crippen LogP contribution in [0.25, 0.3) is 0 Å². The second-order valence-corrected chi connectivity index (χ2v) is 32.8. The number of hydrogen-bond acceptors (Lipinski definition) is 18. The lowest BCUT2D eigenvalue weighted by atomic mass is 9.96. The highest BCUT2D eigenvalue weighted by Gasteiger charge is 2.54.